The van der Waals surface area contributed by atoms with Crippen molar-refractivity contribution >= 4 is 29.7 Å². The van der Waals surface area contributed by atoms with Crippen molar-refractivity contribution in [3.63, 3.8) is 0 Å². The summed E-state index contributed by atoms with van der Waals surface area (Å²) in [5, 5.41) is 16.9. The molecule has 0 radical (unpaired) electrons. The summed E-state index contributed by atoms with van der Waals surface area (Å²) >= 11 is 0. The third-order valence-electron chi connectivity index (χ3n) is 5.23. The van der Waals surface area contributed by atoms with Crippen molar-refractivity contribution in [2.75, 3.05) is 13.1 Å². The van der Waals surface area contributed by atoms with Gasteiger partial charge >= 0.3 is 5.97 Å². The summed E-state index contributed by atoms with van der Waals surface area (Å²) in [6, 6.07) is -4.16. The quantitative estimate of drug-likeness (QED) is 0.0582. The minimum atomic E-state index is -1.25. The molecule has 3 amide bonds. The van der Waals surface area contributed by atoms with Crippen molar-refractivity contribution in [1.82, 2.24) is 25.9 Å². The molecule has 1 aromatic heterocycles. The van der Waals surface area contributed by atoms with E-state index in [0.29, 0.717) is 37.9 Å². The number of hydrogen-bond donors (Lipinski definition) is 9. The van der Waals surface area contributed by atoms with E-state index in [4.69, 9.17) is 22.9 Å². The Balaban J connectivity index is 2.77. The largest absolute Gasteiger partial charge is 0.480 e. The van der Waals surface area contributed by atoms with E-state index in [1.807, 2.05) is 0 Å². The Morgan fingerprint density at radius 3 is 2.31 bits per heavy atom. The molecule has 15 nitrogen and oxygen atoms in total. The maximum atomic E-state index is 12.9. The number of carboxylic acid groups (broad SMARTS) is 1. The highest BCUT2D eigenvalue weighted by Crippen LogP contribution is 2.04. The van der Waals surface area contributed by atoms with Crippen LogP contribution in [0.1, 0.15) is 44.7 Å². The molecule has 36 heavy (non-hydrogen) atoms. The van der Waals surface area contributed by atoms with Gasteiger partial charge in [-0.05, 0) is 39.2 Å². The Bertz CT molecular complexity index is 872. The average Bonchev–Trinajstić information content (AvgIpc) is 3.33. The lowest BCUT2D eigenvalue weighted by Crippen LogP contribution is -2.56. The predicted octanol–water partition coefficient (Wildman–Crippen LogP) is -2.98. The van der Waals surface area contributed by atoms with E-state index in [0.717, 1.165) is 0 Å². The summed E-state index contributed by atoms with van der Waals surface area (Å²) in [5.41, 5.74) is 22.5. The first-order valence-electron chi connectivity index (χ1n) is 11.7. The number of unbranched alkanes of at least 4 members (excludes halogenated alkanes) is 1. The van der Waals surface area contributed by atoms with Crippen molar-refractivity contribution in [3.05, 3.63) is 18.2 Å². The normalized spacial score (nSPS) is 14.1. The lowest BCUT2D eigenvalue weighted by Gasteiger charge is -2.23. The highest BCUT2D eigenvalue weighted by molar-refractivity contribution is 5.93. The van der Waals surface area contributed by atoms with Crippen molar-refractivity contribution in [2.45, 2.75) is 69.6 Å². The van der Waals surface area contributed by atoms with Crippen LogP contribution in [0.3, 0.4) is 0 Å². The van der Waals surface area contributed by atoms with Crippen LogP contribution in [0.4, 0.5) is 0 Å². The molecule has 0 aliphatic carbocycles. The van der Waals surface area contributed by atoms with Crippen LogP contribution in [-0.4, -0.2) is 82.0 Å². The number of nitrogens with two attached hydrogens (primary N) is 4. The van der Waals surface area contributed by atoms with Crippen molar-refractivity contribution in [1.29, 1.82) is 0 Å². The van der Waals surface area contributed by atoms with Gasteiger partial charge in [0.2, 0.25) is 17.7 Å². The third kappa shape index (κ3) is 11.6. The lowest BCUT2D eigenvalue weighted by atomic mass is 10.1. The van der Waals surface area contributed by atoms with Crippen LogP contribution in [0.5, 0.6) is 0 Å². The maximum absolute atomic E-state index is 12.9. The van der Waals surface area contributed by atoms with Crippen LogP contribution in [0.15, 0.2) is 17.5 Å². The molecule has 202 valence electrons. The minimum absolute atomic E-state index is 0.0206. The van der Waals surface area contributed by atoms with E-state index in [2.05, 4.69) is 30.9 Å². The van der Waals surface area contributed by atoms with Crippen LogP contribution >= 0.6 is 0 Å². The number of rotatable bonds is 17. The number of amides is 3. The summed E-state index contributed by atoms with van der Waals surface area (Å²) in [7, 11) is 0. The number of aliphatic carboxylic acids is 1. The third-order valence-corrected chi connectivity index (χ3v) is 5.23. The second-order valence-corrected chi connectivity index (χ2v) is 8.31. The van der Waals surface area contributed by atoms with Crippen LogP contribution < -0.4 is 38.9 Å². The molecule has 1 rings (SSSR count). The Morgan fingerprint density at radius 1 is 1.03 bits per heavy atom. The summed E-state index contributed by atoms with van der Waals surface area (Å²) in [6.07, 6.45) is 5.14. The Kier molecular flexibility index (Phi) is 13.5. The number of H-pyrrole nitrogens is 1. The fourth-order valence-corrected chi connectivity index (χ4v) is 3.18. The summed E-state index contributed by atoms with van der Waals surface area (Å²) in [4.78, 5) is 60.0. The molecule has 0 bridgehead atoms. The van der Waals surface area contributed by atoms with Gasteiger partial charge in [-0.15, -0.1) is 0 Å². The molecule has 0 fully saturated rings. The van der Waals surface area contributed by atoms with Gasteiger partial charge in [0.15, 0.2) is 5.96 Å². The molecule has 4 unspecified atom stereocenters. The Hall–Kier alpha value is -3.72. The van der Waals surface area contributed by atoms with E-state index in [1.54, 1.807) is 0 Å². The van der Waals surface area contributed by atoms with E-state index in [9.17, 15) is 24.3 Å². The van der Waals surface area contributed by atoms with Gasteiger partial charge in [-0.3, -0.25) is 19.4 Å². The topological polar surface area (TPSA) is 270 Å². The highest BCUT2D eigenvalue weighted by atomic mass is 16.4. The number of aromatic amines is 1. The van der Waals surface area contributed by atoms with Gasteiger partial charge in [-0.2, -0.15) is 0 Å². The second kappa shape index (κ2) is 16.0. The molecule has 0 aromatic carbocycles. The van der Waals surface area contributed by atoms with E-state index < -0.39 is 47.9 Å². The van der Waals surface area contributed by atoms with Crippen molar-refractivity contribution in [3.8, 4) is 0 Å². The average molecular weight is 511 g/mol. The van der Waals surface area contributed by atoms with Crippen LogP contribution in [-0.2, 0) is 25.6 Å². The lowest BCUT2D eigenvalue weighted by molar-refractivity contribution is -0.142. The van der Waals surface area contributed by atoms with Gasteiger partial charge in [0.1, 0.15) is 18.1 Å². The number of carbonyl (C=O) groups excluding carboxylic acids is 3. The molecule has 15 heteroatoms. The summed E-state index contributed by atoms with van der Waals surface area (Å²) in [5.74, 6) is -3.21. The fourth-order valence-electron chi connectivity index (χ4n) is 3.18. The van der Waals surface area contributed by atoms with Gasteiger partial charge in [0, 0.05) is 24.9 Å². The second-order valence-electron chi connectivity index (χ2n) is 8.31. The molecule has 13 N–H and O–H groups in total. The SMILES string of the molecule is CC(NC(=O)C(CCCN=C(N)N)NC(=O)C(N)CCCCN)C(=O)NC(Cc1cnc[nH]1)C(=O)O. The maximum Gasteiger partial charge on any atom is 0.326 e. The number of imidazole rings is 1. The van der Waals surface area contributed by atoms with Gasteiger partial charge < -0.3 is 49.0 Å². The van der Waals surface area contributed by atoms with Gasteiger partial charge in [-0.1, -0.05) is 6.42 Å². The zero-order chi connectivity index (χ0) is 27.1. The zero-order valence-corrected chi connectivity index (χ0v) is 20.4. The van der Waals surface area contributed by atoms with E-state index in [-0.39, 0.29) is 25.3 Å². The molecule has 1 heterocycles. The molecular formula is C21H38N10O5. The number of aromatic nitrogens is 2. The van der Waals surface area contributed by atoms with Crippen molar-refractivity contribution < 1.29 is 24.3 Å². The summed E-state index contributed by atoms with van der Waals surface area (Å²) < 4.78 is 0. The highest BCUT2D eigenvalue weighted by Gasteiger charge is 2.28. The summed E-state index contributed by atoms with van der Waals surface area (Å²) in [6.45, 7) is 2.11. The predicted molar refractivity (Wildman–Crippen MR) is 132 cm³/mol. The monoisotopic (exact) mass is 510 g/mol. The number of guanidine groups is 1. The molecule has 4 atom stereocenters. The van der Waals surface area contributed by atoms with Gasteiger partial charge in [0.25, 0.3) is 0 Å². The number of carbonyl (C=O) groups is 4. The zero-order valence-electron chi connectivity index (χ0n) is 20.4. The Labute approximate surface area is 209 Å². The first-order chi connectivity index (χ1) is 17.0. The number of aliphatic imine (C=N–C) groups is 1. The number of hydrogen-bond acceptors (Lipinski definition) is 8. The first-order valence-corrected chi connectivity index (χ1v) is 11.7. The van der Waals surface area contributed by atoms with Crippen LogP contribution in [0.2, 0.25) is 0 Å². The van der Waals surface area contributed by atoms with Gasteiger partial charge in [0.05, 0.1) is 12.4 Å². The first kappa shape index (κ1) is 30.3. The molecule has 0 aliphatic rings. The minimum Gasteiger partial charge on any atom is -0.480 e. The molecule has 1 aromatic rings. The molecule has 0 saturated heterocycles. The molecule has 0 spiro atoms. The Morgan fingerprint density at radius 2 is 1.72 bits per heavy atom. The fraction of sp³-hybridized carbons (Fsp3) is 0.619. The standard InChI is InChI=1S/C21H38N10O5/c1-12(17(32)31-16(20(35)36)9-13-10-26-11-28-13)29-19(34)15(6-4-8-27-21(24)25)30-18(33)14(23)5-2-3-7-22/h10-12,14-16H,2-9,22-23H2,1H3,(H,26,28)(H,29,34)(H,30,33)(H,31,32)(H,35,36)(H4,24,25,27). The van der Waals surface area contributed by atoms with E-state index in [1.165, 1.54) is 19.4 Å². The van der Waals surface area contributed by atoms with Gasteiger partial charge in [-0.25, -0.2) is 9.78 Å². The number of carboxylic acids is 1. The van der Waals surface area contributed by atoms with Crippen LogP contribution in [0, 0.1) is 0 Å². The number of nitrogens with one attached hydrogen (secondary N) is 4. The van der Waals surface area contributed by atoms with E-state index >= 15 is 0 Å². The van der Waals surface area contributed by atoms with Crippen LogP contribution in [0.25, 0.3) is 0 Å². The number of nitrogens with zero attached hydrogens (tertiary/aromatic N) is 2. The van der Waals surface area contributed by atoms with Crippen molar-refractivity contribution in [2.24, 2.45) is 27.9 Å². The smallest absolute Gasteiger partial charge is 0.326 e. The molecular weight excluding hydrogens is 472 g/mol. The molecule has 0 aliphatic heterocycles. The molecule has 0 saturated carbocycles.